The third kappa shape index (κ3) is 4.37. The van der Waals surface area contributed by atoms with Gasteiger partial charge in [-0.15, -0.1) is 0 Å². The van der Waals surface area contributed by atoms with Crippen molar-refractivity contribution in [3.8, 4) is 5.75 Å². The van der Waals surface area contributed by atoms with E-state index in [4.69, 9.17) is 0 Å². The predicted octanol–water partition coefficient (Wildman–Crippen LogP) is 2.85. The smallest absolute Gasteiger partial charge is 0.237 e. The zero-order chi connectivity index (χ0) is 17.6. The Morgan fingerprint density at radius 3 is 2.64 bits per heavy atom. The van der Waals surface area contributed by atoms with Crippen molar-refractivity contribution in [2.24, 2.45) is 0 Å². The molecule has 1 aliphatic heterocycles. The highest BCUT2D eigenvalue weighted by Gasteiger charge is 2.30. The Kier molecular flexibility index (Phi) is 5.66. The second-order valence-electron chi connectivity index (χ2n) is 6.39. The molecule has 3 rings (SSSR count). The number of phenolic OH excluding ortho intramolecular Hbond substituents is 1. The minimum Gasteiger partial charge on any atom is -0.508 e. The van der Waals surface area contributed by atoms with E-state index < -0.39 is 0 Å². The number of benzene rings is 2. The van der Waals surface area contributed by atoms with E-state index in [-0.39, 0.29) is 23.5 Å². The summed E-state index contributed by atoms with van der Waals surface area (Å²) in [6.45, 7) is 1.72. The van der Waals surface area contributed by atoms with E-state index in [2.05, 4.69) is 5.32 Å². The van der Waals surface area contributed by atoms with Gasteiger partial charge < -0.3 is 10.4 Å². The summed E-state index contributed by atoms with van der Waals surface area (Å²) in [7, 11) is 0. The minimum absolute atomic E-state index is 0.0238. The lowest BCUT2D eigenvalue weighted by Crippen LogP contribution is -2.43. The van der Waals surface area contributed by atoms with Gasteiger partial charge in [0.1, 0.15) is 11.6 Å². The molecule has 25 heavy (non-hydrogen) atoms. The van der Waals surface area contributed by atoms with Gasteiger partial charge >= 0.3 is 0 Å². The molecule has 0 saturated carbocycles. The Morgan fingerprint density at radius 1 is 1.16 bits per heavy atom. The fourth-order valence-corrected chi connectivity index (χ4v) is 3.32. The number of hydrogen-bond donors (Lipinski definition) is 2. The number of hydrogen-bond acceptors (Lipinski definition) is 3. The van der Waals surface area contributed by atoms with E-state index in [0.29, 0.717) is 25.1 Å². The molecular weight excluding hydrogens is 319 g/mol. The van der Waals surface area contributed by atoms with Crippen molar-refractivity contribution in [2.75, 3.05) is 13.1 Å². The summed E-state index contributed by atoms with van der Waals surface area (Å²) < 4.78 is 13.8. The van der Waals surface area contributed by atoms with Crippen molar-refractivity contribution in [2.45, 2.75) is 31.8 Å². The molecule has 0 radical (unpaired) electrons. The molecule has 0 bridgehead atoms. The number of halogens is 1. The Morgan fingerprint density at radius 2 is 1.88 bits per heavy atom. The lowest BCUT2D eigenvalue weighted by Gasteiger charge is -2.24. The van der Waals surface area contributed by atoms with Gasteiger partial charge in [0.05, 0.1) is 6.04 Å². The molecule has 2 aromatic rings. The van der Waals surface area contributed by atoms with Crippen molar-refractivity contribution in [3.63, 3.8) is 0 Å². The number of phenols is 1. The maximum atomic E-state index is 13.8. The van der Waals surface area contributed by atoms with Gasteiger partial charge in [0.15, 0.2) is 0 Å². The molecule has 0 spiro atoms. The lowest BCUT2D eigenvalue weighted by atomic mass is 10.1. The fourth-order valence-electron chi connectivity index (χ4n) is 3.32. The van der Waals surface area contributed by atoms with E-state index in [9.17, 15) is 14.3 Å². The van der Waals surface area contributed by atoms with Gasteiger partial charge in [0.25, 0.3) is 0 Å². The van der Waals surface area contributed by atoms with Gasteiger partial charge in [0.2, 0.25) is 5.91 Å². The zero-order valence-electron chi connectivity index (χ0n) is 14.1. The van der Waals surface area contributed by atoms with Crippen LogP contribution in [0.2, 0.25) is 0 Å². The molecule has 1 unspecified atom stereocenters. The second kappa shape index (κ2) is 8.12. The molecular formula is C20H23FN2O2. The van der Waals surface area contributed by atoms with Crippen LogP contribution in [0.4, 0.5) is 4.39 Å². The van der Waals surface area contributed by atoms with Gasteiger partial charge in [-0.3, -0.25) is 9.69 Å². The molecule has 1 atom stereocenters. The van der Waals surface area contributed by atoms with Crippen LogP contribution >= 0.6 is 0 Å². The van der Waals surface area contributed by atoms with Gasteiger partial charge in [-0.05, 0) is 43.5 Å². The van der Waals surface area contributed by atoms with Crippen LogP contribution < -0.4 is 5.32 Å². The standard InChI is InChI=1S/C20H23FN2O2/c21-17-8-3-1-7-16(17)14-23-13-5-9-18(23)20(25)22-12-11-15-6-2-4-10-19(15)24/h1-4,6-8,10,18,24H,5,9,11-14H2,(H,22,25). The van der Waals surface area contributed by atoms with Crippen LogP contribution in [0.3, 0.4) is 0 Å². The number of para-hydroxylation sites is 1. The topological polar surface area (TPSA) is 52.6 Å². The van der Waals surface area contributed by atoms with Crippen molar-refractivity contribution in [3.05, 3.63) is 65.5 Å². The highest BCUT2D eigenvalue weighted by atomic mass is 19.1. The molecule has 1 fully saturated rings. The molecule has 1 saturated heterocycles. The Bertz CT molecular complexity index is 735. The number of carbonyl (C=O) groups excluding carboxylic acids is 1. The van der Waals surface area contributed by atoms with Gasteiger partial charge in [-0.2, -0.15) is 0 Å². The van der Waals surface area contributed by atoms with E-state index in [1.807, 2.05) is 23.1 Å². The van der Waals surface area contributed by atoms with Gasteiger partial charge in [0, 0.05) is 18.7 Å². The van der Waals surface area contributed by atoms with Crippen molar-refractivity contribution in [1.82, 2.24) is 10.2 Å². The van der Waals surface area contributed by atoms with E-state index >= 15 is 0 Å². The Hall–Kier alpha value is -2.40. The highest BCUT2D eigenvalue weighted by Crippen LogP contribution is 2.21. The van der Waals surface area contributed by atoms with E-state index in [1.165, 1.54) is 6.07 Å². The monoisotopic (exact) mass is 342 g/mol. The first-order valence-corrected chi connectivity index (χ1v) is 8.67. The minimum atomic E-state index is -0.229. The first-order valence-electron chi connectivity index (χ1n) is 8.67. The van der Waals surface area contributed by atoms with Gasteiger partial charge in [-0.1, -0.05) is 36.4 Å². The summed E-state index contributed by atoms with van der Waals surface area (Å²) in [4.78, 5) is 14.5. The molecule has 1 heterocycles. The van der Waals surface area contributed by atoms with Crippen LogP contribution in [0.15, 0.2) is 48.5 Å². The summed E-state index contributed by atoms with van der Waals surface area (Å²) in [6.07, 6.45) is 2.31. The third-order valence-electron chi connectivity index (χ3n) is 4.68. The number of aromatic hydroxyl groups is 1. The first kappa shape index (κ1) is 17.4. The van der Waals surface area contributed by atoms with Crippen LogP contribution in [0.1, 0.15) is 24.0 Å². The number of carbonyl (C=O) groups is 1. The summed E-state index contributed by atoms with van der Waals surface area (Å²) in [5.74, 6) is -0.00355. The average molecular weight is 342 g/mol. The van der Waals surface area contributed by atoms with Crippen molar-refractivity contribution >= 4 is 5.91 Å². The number of rotatable bonds is 6. The summed E-state index contributed by atoms with van der Waals surface area (Å²) in [6, 6.07) is 13.6. The number of likely N-dealkylation sites (tertiary alicyclic amines) is 1. The molecule has 0 aliphatic carbocycles. The number of amides is 1. The quantitative estimate of drug-likeness (QED) is 0.849. The molecule has 2 aromatic carbocycles. The highest BCUT2D eigenvalue weighted by molar-refractivity contribution is 5.82. The second-order valence-corrected chi connectivity index (χ2v) is 6.39. The van der Waals surface area contributed by atoms with Crippen LogP contribution in [-0.4, -0.2) is 35.0 Å². The number of nitrogens with one attached hydrogen (secondary N) is 1. The molecule has 5 heteroatoms. The fraction of sp³-hybridized carbons (Fsp3) is 0.350. The van der Waals surface area contributed by atoms with Crippen LogP contribution in [0.25, 0.3) is 0 Å². The zero-order valence-corrected chi connectivity index (χ0v) is 14.1. The maximum absolute atomic E-state index is 13.8. The summed E-state index contributed by atoms with van der Waals surface area (Å²) in [5.41, 5.74) is 1.44. The summed E-state index contributed by atoms with van der Waals surface area (Å²) >= 11 is 0. The molecule has 1 aliphatic rings. The maximum Gasteiger partial charge on any atom is 0.237 e. The third-order valence-corrected chi connectivity index (χ3v) is 4.68. The Labute approximate surface area is 147 Å². The predicted molar refractivity (Wildman–Crippen MR) is 94.7 cm³/mol. The Balaban J connectivity index is 1.54. The summed E-state index contributed by atoms with van der Waals surface area (Å²) in [5, 5.41) is 12.7. The normalized spacial score (nSPS) is 17.6. The number of nitrogens with zero attached hydrogens (tertiary/aromatic N) is 1. The SMILES string of the molecule is O=C(NCCc1ccccc1O)C1CCCN1Cc1ccccc1F. The molecule has 4 nitrogen and oxygen atoms in total. The lowest BCUT2D eigenvalue weighted by molar-refractivity contribution is -0.125. The average Bonchev–Trinajstić information content (AvgIpc) is 3.07. The van der Waals surface area contributed by atoms with Crippen LogP contribution in [-0.2, 0) is 17.8 Å². The van der Waals surface area contributed by atoms with Crippen LogP contribution in [0.5, 0.6) is 5.75 Å². The molecule has 2 N–H and O–H groups in total. The molecule has 132 valence electrons. The van der Waals surface area contributed by atoms with E-state index in [0.717, 1.165) is 24.9 Å². The van der Waals surface area contributed by atoms with Crippen molar-refractivity contribution in [1.29, 1.82) is 0 Å². The van der Waals surface area contributed by atoms with Crippen molar-refractivity contribution < 1.29 is 14.3 Å². The largest absolute Gasteiger partial charge is 0.508 e. The van der Waals surface area contributed by atoms with Gasteiger partial charge in [-0.25, -0.2) is 4.39 Å². The first-order chi connectivity index (χ1) is 12.1. The van der Waals surface area contributed by atoms with E-state index in [1.54, 1.807) is 24.3 Å². The molecule has 1 amide bonds. The molecule has 0 aromatic heterocycles. The van der Waals surface area contributed by atoms with Crippen LogP contribution in [0, 0.1) is 5.82 Å².